The molecule has 3 aromatic rings. The average molecular weight is 353 g/mol. The normalized spacial score (nSPS) is 15.8. The molecule has 5 heteroatoms. The minimum atomic E-state index is 0.154. The highest BCUT2D eigenvalue weighted by Gasteiger charge is 2.24. The third kappa shape index (κ3) is 3.22. The molecule has 0 saturated carbocycles. The van der Waals surface area contributed by atoms with Crippen LogP contribution in [0.5, 0.6) is 0 Å². The summed E-state index contributed by atoms with van der Waals surface area (Å²) in [6.07, 6.45) is 0. The predicted molar refractivity (Wildman–Crippen MR) is 103 cm³/mol. The number of carbonyl (C=O) groups is 1. The number of amides is 1. The highest BCUT2D eigenvalue weighted by Crippen LogP contribution is 2.25. The second-order valence-electron chi connectivity index (χ2n) is 6.82. The smallest absolute Gasteiger partial charge is 0.270 e. The molecule has 1 aliphatic rings. The number of aromatic nitrogens is 1. The first kappa shape index (κ1) is 16.4. The van der Waals surface area contributed by atoms with Gasteiger partial charge < -0.3 is 9.47 Å². The van der Waals surface area contributed by atoms with Crippen LogP contribution in [0.15, 0.2) is 41.8 Å². The van der Waals surface area contributed by atoms with Crippen molar-refractivity contribution in [3.8, 4) is 0 Å². The zero-order valence-electron chi connectivity index (χ0n) is 14.7. The highest BCUT2D eigenvalue weighted by molar-refractivity contribution is 7.17. The molecule has 0 bridgehead atoms. The number of carbonyl (C=O) groups excluding carboxylic acids is 1. The number of fused-ring (bicyclic) bond motifs is 1. The number of hydrogen-bond donors (Lipinski definition) is 0. The Hall–Kier alpha value is -2.11. The lowest BCUT2D eigenvalue weighted by Gasteiger charge is -2.34. The van der Waals surface area contributed by atoms with E-state index in [4.69, 9.17) is 0 Å². The van der Waals surface area contributed by atoms with Crippen LogP contribution < -0.4 is 0 Å². The molecule has 1 amide bonds. The van der Waals surface area contributed by atoms with Crippen molar-refractivity contribution in [2.45, 2.75) is 13.5 Å². The van der Waals surface area contributed by atoms with Crippen LogP contribution in [-0.2, 0) is 13.6 Å². The van der Waals surface area contributed by atoms with Gasteiger partial charge in [-0.05, 0) is 30.0 Å². The number of nitrogens with zero attached hydrogens (tertiary/aromatic N) is 3. The standard InChI is InChI=1S/C20H23N3OS/c1-15-4-3-5-16(12-15)14-22-7-9-23(10-8-22)20(24)18-13-19-17(21(18)2)6-11-25-19/h3-6,11-13H,7-10,14H2,1-2H3. The van der Waals surface area contributed by atoms with Crippen molar-refractivity contribution in [3.63, 3.8) is 0 Å². The topological polar surface area (TPSA) is 28.5 Å². The van der Waals surface area contributed by atoms with Gasteiger partial charge in [-0.15, -0.1) is 11.3 Å². The molecule has 0 atom stereocenters. The summed E-state index contributed by atoms with van der Waals surface area (Å²) in [6.45, 7) is 6.54. The van der Waals surface area contributed by atoms with Crippen molar-refractivity contribution in [3.05, 3.63) is 58.6 Å². The van der Waals surface area contributed by atoms with Gasteiger partial charge in [0.15, 0.2) is 0 Å². The van der Waals surface area contributed by atoms with E-state index in [1.165, 1.54) is 15.8 Å². The summed E-state index contributed by atoms with van der Waals surface area (Å²) < 4.78 is 3.21. The molecule has 1 aliphatic heterocycles. The largest absolute Gasteiger partial charge is 0.339 e. The molecule has 1 fully saturated rings. The minimum Gasteiger partial charge on any atom is -0.339 e. The van der Waals surface area contributed by atoms with E-state index in [0.717, 1.165) is 43.9 Å². The van der Waals surface area contributed by atoms with E-state index in [2.05, 4.69) is 47.5 Å². The molecule has 1 saturated heterocycles. The van der Waals surface area contributed by atoms with Crippen molar-refractivity contribution in [1.29, 1.82) is 0 Å². The quantitative estimate of drug-likeness (QED) is 0.721. The van der Waals surface area contributed by atoms with E-state index in [9.17, 15) is 4.79 Å². The molecular formula is C20H23N3OS. The number of hydrogen-bond acceptors (Lipinski definition) is 3. The number of rotatable bonds is 3. The van der Waals surface area contributed by atoms with Gasteiger partial charge in [-0.2, -0.15) is 0 Å². The van der Waals surface area contributed by atoms with Gasteiger partial charge in [0.25, 0.3) is 5.91 Å². The summed E-state index contributed by atoms with van der Waals surface area (Å²) in [5.74, 6) is 0.154. The molecular weight excluding hydrogens is 330 g/mol. The van der Waals surface area contributed by atoms with Crippen LogP contribution in [0.25, 0.3) is 10.2 Å². The first-order valence-electron chi connectivity index (χ1n) is 8.72. The molecule has 25 heavy (non-hydrogen) atoms. The van der Waals surface area contributed by atoms with E-state index in [1.54, 1.807) is 11.3 Å². The number of aryl methyl sites for hydroxylation is 2. The Labute approximate surface area is 152 Å². The van der Waals surface area contributed by atoms with Crippen molar-refractivity contribution in [1.82, 2.24) is 14.4 Å². The van der Waals surface area contributed by atoms with Gasteiger partial charge in [-0.25, -0.2) is 0 Å². The van der Waals surface area contributed by atoms with E-state index in [0.29, 0.717) is 0 Å². The Morgan fingerprint density at radius 3 is 2.64 bits per heavy atom. The molecule has 3 heterocycles. The zero-order valence-corrected chi connectivity index (χ0v) is 15.6. The maximum absolute atomic E-state index is 12.9. The maximum Gasteiger partial charge on any atom is 0.270 e. The van der Waals surface area contributed by atoms with E-state index in [1.807, 2.05) is 22.6 Å². The summed E-state index contributed by atoms with van der Waals surface area (Å²) >= 11 is 1.69. The van der Waals surface area contributed by atoms with Crippen LogP contribution in [0.1, 0.15) is 21.6 Å². The minimum absolute atomic E-state index is 0.154. The van der Waals surface area contributed by atoms with Crippen LogP contribution in [0.2, 0.25) is 0 Å². The van der Waals surface area contributed by atoms with Crippen LogP contribution >= 0.6 is 11.3 Å². The molecule has 0 N–H and O–H groups in total. The van der Waals surface area contributed by atoms with Crippen LogP contribution in [0.4, 0.5) is 0 Å². The van der Waals surface area contributed by atoms with Gasteiger partial charge in [0.2, 0.25) is 0 Å². The summed E-state index contributed by atoms with van der Waals surface area (Å²) in [6, 6.07) is 12.8. The van der Waals surface area contributed by atoms with Crippen molar-refractivity contribution < 1.29 is 4.79 Å². The van der Waals surface area contributed by atoms with Gasteiger partial charge in [0, 0.05) is 39.8 Å². The van der Waals surface area contributed by atoms with Gasteiger partial charge in [-0.3, -0.25) is 9.69 Å². The molecule has 0 unspecified atom stereocenters. The fourth-order valence-corrected chi connectivity index (χ4v) is 4.44. The first-order chi connectivity index (χ1) is 12.1. The molecule has 4 rings (SSSR count). The fourth-order valence-electron chi connectivity index (χ4n) is 3.60. The Bertz CT molecular complexity index is 903. The highest BCUT2D eigenvalue weighted by atomic mass is 32.1. The van der Waals surface area contributed by atoms with E-state index >= 15 is 0 Å². The van der Waals surface area contributed by atoms with Gasteiger partial charge in [-0.1, -0.05) is 29.8 Å². The van der Waals surface area contributed by atoms with Gasteiger partial charge in [0.05, 0.1) is 10.2 Å². The van der Waals surface area contributed by atoms with Gasteiger partial charge in [0.1, 0.15) is 5.69 Å². The molecule has 0 aliphatic carbocycles. The second kappa shape index (κ2) is 6.65. The molecule has 130 valence electrons. The third-order valence-corrected chi connectivity index (χ3v) is 5.88. The Morgan fingerprint density at radius 1 is 1.12 bits per heavy atom. The van der Waals surface area contributed by atoms with Crippen molar-refractivity contribution >= 4 is 27.5 Å². The van der Waals surface area contributed by atoms with Crippen LogP contribution in [0.3, 0.4) is 0 Å². The van der Waals surface area contributed by atoms with Crippen LogP contribution in [-0.4, -0.2) is 46.5 Å². The molecule has 0 radical (unpaired) electrons. The number of benzene rings is 1. The lowest BCUT2D eigenvalue weighted by molar-refractivity contribution is 0.0619. The Morgan fingerprint density at radius 2 is 1.92 bits per heavy atom. The lowest BCUT2D eigenvalue weighted by Crippen LogP contribution is -2.48. The number of piperazine rings is 1. The number of thiophene rings is 1. The van der Waals surface area contributed by atoms with Crippen molar-refractivity contribution in [2.24, 2.45) is 7.05 Å². The SMILES string of the molecule is Cc1cccc(CN2CCN(C(=O)c3cc4sccc4n3C)CC2)c1. The first-order valence-corrected chi connectivity index (χ1v) is 9.60. The van der Waals surface area contributed by atoms with E-state index < -0.39 is 0 Å². The Kier molecular flexibility index (Phi) is 4.36. The molecule has 1 aromatic carbocycles. The summed E-state index contributed by atoms with van der Waals surface area (Å²) in [5.41, 5.74) is 4.60. The summed E-state index contributed by atoms with van der Waals surface area (Å²) in [4.78, 5) is 17.3. The van der Waals surface area contributed by atoms with Crippen LogP contribution in [0, 0.1) is 6.92 Å². The molecule has 0 spiro atoms. The summed E-state index contributed by atoms with van der Waals surface area (Å²) in [7, 11) is 1.98. The maximum atomic E-state index is 12.9. The predicted octanol–water partition coefficient (Wildman–Crippen LogP) is 3.51. The van der Waals surface area contributed by atoms with Gasteiger partial charge >= 0.3 is 0 Å². The van der Waals surface area contributed by atoms with Crippen molar-refractivity contribution in [2.75, 3.05) is 26.2 Å². The lowest BCUT2D eigenvalue weighted by atomic mass is 10.1. The molecule has 4 nitrogen and oxygen atoms in total. The summed E-state index contributed by atoms with van der Waals surface area (Å²) in [5, 5.41) is 2.07. The third-order valence-electron chi connectivity index (χ3n) is 5.03. The second-order valence-corrected chi connectivity index (χ2v) is 7.76. The monoisotopic (exact) mass is 353 g/mol. The molecule has 2 aromatic heterocycles. The van der Waals surface area contributed by atoms with E-state index in [-0.39, 0.29) is 5.91 Å². The average Bonchev–Trinajstić information content (AvgIpc) is 3.18. The zero-order chi connectivity index (χ0) is 17.4. The fraction of sp³-hybridized carbons (Fsp3) is 0.350. The Balaban J connectivity index is 1.40.